The summed E-state index contributed by atoms with van der Waals surface area (Å²) in [6.45, 7) is 8.00. The van der Waals surface area contributed by atoms with E-state index in [0.717, 1.165) is 10.7 Å². The Bertz CT molecular complexity index is 1560. The summed E-state index contributed by atoms with van der Waals surface area (Å²) in [6.07, 6.45) is 0. The molecule has 0 aliphatic heterocycles. The van der Waals surface area contributed by atoms with Crippen LogP contribution < -0.4 is 0 Å². The van der Waals surface area contributed by atoms with Crippen molar-refractivity contribution in [3.05, 3.63) is 132 Å². The second kappa shape index (κ2) is 14.4. The van der Waals surface area contributed by atoms with Crippen molar-refractivity contribution in [3.8, 4) is 33.4 Å². The monoisotopic (exact) mass is 650 g/mol. The Hall–Kier alpha value is -3.20. The van der Waals surface area contributed by atoms with E-state index in [0.29, 0.717) is 0 Å². The zero-order valence-corrected chi connectivity index (χ0v) is 26.9. The zero-order valence-electron chi connectivity index (χ0n) is 23.7. The SMILES string of the molecule is BrCc1c(-c2ccccc2)cc2ccccc2c1-c1c(CBr)c(-c2ccccc2)cc2ccccc12.CC.CC. The van der Waals surface area contributed by atoms with Crippen LogP contribution in [0.3, 0.4) is 0 Å². The average Bonchev–Trinajstić information content (AvgIpc) is 3.05. The second-order valence-corrected chi connectivity index (χ2v) is 10.1. The predicted molar refractivity (Wildman–Crippen MR) is 186 cm³/mol. The lowest BCUT2D eigenvalue weighted by atomic mass is 9.82. The molecular formula is C38H36Br2. The minimum atomic E-state index is 0.767. The topological polar surface area (TPSA) is 0 Å². The average molecular weight is 653 g/mol. The molecule has 0 radical (unpaired) electrons. The van der Waals surface area contributed by atoms with E-state index in [1.165, 1.54) is 66.1 Å². The molecule has 0 atom stereocenters. The Morgan fingerprint density at radius 3 is 1.10 bits per heavy atom. The minimum absolute atomic E-state index is 0.767. The quantitative estimate of drug-likeness (QED) is 0.163. The number of hydrogen-bond acceptors (Lipinski definition) is 0. The number of rotatable bonds is 5. The summed E-state index contributed by atoms with van der Waals surface area (Å²) in [5.74, 6) is 0. The summed E-state index contributed by atoms with van der Waals surface area (Å²) >= 11 is 7.80. The maximum atomic E-state index is 3.90. The summed E-state index contributed by atoms with van der Waals surface area (Å²) in [4.78, 5) is 0. The van der Waals surface area contributed by atoms with Crippen molar-refractivity contribution in [2.75, 3.05) is 0 Å². The van der Waals surface area contributed by atoms with Crippen LogP contribution in [0.5, 0.6) is 0 Å². The number of hydrogen-bond donors (Lipinski definition) is 0. The van der Waals surface area contributed by atoms with Crippen LogP contribution in [0.25, 0.3) is 54.9 Å². The van der Waals surface area contributed by atoms with Gasteiger partial charge >= 0.3 is 0 Å². The molecule has 0 nitrogen and oxygen atoms in total. The molecule has 0 N–H and O–H groups in total. The van der Waals surface area contributed by atoms with Crippen LogP contribution in [-0.4, -0.2) is 0 Å². The fraction of sp³-hybridized carbons (Fsp3) is 0.158. The highest BCUT2D eigenvalue weighted by Gasteiger charge is 2.22. The van der Waals surface area contributed by atoms with Crippen LogP contribution in [-0.2, 0) is 10.7 Å². The van der Waals surface area contributed by atoms with Crippen molar-refractivity contribution in [3.63, 3.8) is 0 Å². The lowest BCUT2D eigenvalue weighted by Gasteiger charge is -2.23. The van der Waals surface area contributed by atoms with Crippen molar-refractivity contribution in [1.82, 2.24) is 0 Å². The molecule has 6 rings (SSSR count). The first-order chi connectivity index (χ1) is 19.8. The molecule has 0 aromatic heterocycles. The van der Waals surface area contributed by atoms with Gasteiger partial charge in [0.15, 0.2) is 0 Å². The molecule has 2 heteroatoms. The van der Waals surface area contributed by atoms with Gasteiger partial charge in [0, 0.05) is 10.7 Å². The molecule has 6 aromatic carbocycles. The van der Waals surface area contributed by atoms with Gasteiger partial charge in [-0.05, 0) is 78.2 Å². The van der Waals surface area contributed by atoms with Gasteiger partial charge in [0.25, 0.3) is 0 Å². The molecule has 0 saturated carbocycles. The first-order valence-electron chi connectivity index (χ1n) is 14.1. The highest BCUT2D eigenvalue weighted by molar-refractivity contribution is 9.08. The first kappa shape index (κ1) is 29.8. The van der Waals surface area contributed by atoms with Gasteiger partial charge in [-0.2, -0.15) is 0 Å². The third-order valence-electron chi connectivity index (χ3n) is 7.00. The largest absolute Gasteiger partial charge is 0.0876 e. The van der Waals surface area contributed by atoms with Gasteiger partial charge in [0.05, 0.1) is 0 Å². The highest BCUT2D eigenvalue weighted by Crippen LogP contribution is 2.46. The Labute approximate surface area is 256 Å². The molecular weight excluding hydrogens is 616 g/mol. The van der Waals surface area contributed by atoms with Gasteiger partial charge < -0.3 is 0 Å². The number of halogens is 2. The summed E-state index contributed by atoms with van der Waals surface area (Å²) in [5, 5.41) is 6.61. The Kier molecular flexibility index (Phi) is 10.7. The molecule has 0 fully saturated rings. The van der Waals surface area contributed by atoms with Crippen molar-refractivity contribution < 1.29 is 0 Å². The maximum absolute atomic E-state index is 3.90. The summed E-state index contributed by atoms with van der Waals surface area (Å²) in [7, 11) is 0. The van der Waals surface area contributed by atoms with Crippen molar-refractivity contribution in [2.45, 2.75) is 38.4 Å². The van der Waals surface area contributed by atoms with Crippen molar-refractivity contribution in [1.29, 1.82) is 0 Å². The molecule has 40 heavy (non-hydrogen) atoms. The molecule has 0 amide bonds. The molecule has 6 aromatic rings. The summed E-state index contributed by atoms with van der Waals surface area (Å²) in [5.41, 5.74) is 10.3. The zero-order chi connectivity index (χ0) is 28.5. The number of fused-ring (bicyclic) bond motifs is 2. The van der Waals surface area contributed by atoms with Crippen LogP contribution in [0.4, 0.5) is 0 Å². The summed E-state index contributed by atoms with van der Waals surface area (Å²) in [6, 6.07) is 43.8. The smallest absolute Gasteiger partial charge is 0.0295 e. The van der Waals surface area contributed by atoms with Gasteiger partial charge in [-0.3, -0.25) is 0 Å². The Morgan fingerprint density at radius 1 is 0.425 bits per heavy atom. The van der Waals surface area contributed by atoms with Gasteiger partial charge in [-0.1, -0.05) is 169 Å². The molecule has 0 aliphatic rings. The van der Waals surface area contributed by atoms with Crippen LogP contribution in [0.15, 0.2) is 121 Å². The van der Waals surface area contributed by atoms with Crippen LogP contribution >= 0.6 is 31.9 Å². The van der Waals surface area contributed by atoms with E-state index in [9.17, 15) is 0 Å². The van der Waals surface area contributed by atoms with E-state index >= 15 is 0 Å². The standard InChI is InChI=1S/C34H24Br2.2C2H6/c35-21-31-29(23-11-3-1-4-12-23)19-25-15-7-9-17-27(25)33(31)34-28-18-10-8-16-26(28)20-30(32(34)22-36)24-13-5-2-6-14-24;2*1-2/h1-20H,21-22H2;2*1-2H3. The van der Waals surface area contributed by atoms with E-state index in [1.54, 1.807) is 0 Å². The molecule has 0 heterocycles. The minimum Gasteiger partial charge on any atom is -0.0876 e. The molecule has 0 spiro atoms. The Balaban J connectivity index is 0.000000886. The predicted octanol–water partition coefficient (Wildman–Crippen LogP) is 12.8. The van der Waals surface area contributed by atoms with Crippen LogP contribution in [0.1, 0.15) is 38.8 Å². The number of benzene rings is 6. The van der Waals surface area contributed by atoms with Gasteiger partial charge in [-0.15, -0.1) is 0 Å². The molecule has 0 bridgehead atoms. The normalized spacial score (nSPS) is 10.4. The van der Waals surface area contributed by atoms with E-state index in [2.05, 4.69) is 153 Å². The first-order valence-corrected chi connectivity index (χ1v) is 16.4. The molecule has 202 valence electrons. The fourth-order valence-electron chi connectivity index (χ4n) is 5.38. The third-order valence-corrected chi connectivity index (χ3v) is 8.12. The van der Waals surface area contributed by atoms with E-state index < -0.39 is 0 Å². The third kappa shape index (κ3) is 5.80. The fourth-order valence-corrected chi connectivity index (χ4v) is 6.54. The van der Waals surface area contributed by atoms with Gasteiger partial charge in [0.2, 0.25) is 0 Å². The van der Waals surface area contributed by atoms with E-state index in [1.807, 2.05) is 27.7 Å². The van der Waals surface area contributed by atoms with Crippen molar-refractivity contribution >= 4 is 53.4 Å². The Morgan fingerprint density at radius 2 is 0.750 bits per heavy atom. The molecule has 0 aliphatic carbocycles. The maximum Gasteiger partial charge on any atom is 0.0295 e. The molecule has 0 saturated heterocycles. The second-order valence-electron chi connectivity index (χ2n) is 9.00. The van der Waals surface area contributed by atoms with Crippen molar-refractivity contribution in [2.24, 2.45) is 0 Å². The number of alkyl halides is 2. The van der Waals surface area contributed by atoms with Crippen LogP contribution in [0.2, 0.25) is 0 Å². The van der Waals surface area contributed by atoms with E-state index in [-0.39, 0.29) is 0 Å². The highest BCUT2D eigenvalue weighted by atomic mass is 79.9. The van der Waals surface area contributed by atoms with Gasteiger partial charge in [-0.25, -0.2) is 0 Å². The van der Waals surface area contributed by atoms with Gasteiger partial charge in [0.1, 0.15) is 0 Å². The van der Waals surface area contributed by atoms with E-state index in [4.69, 9.17) is 0 Å². The van der Waals surface area contributed by atoms with Crippen LogP contribution in [0, 0.1) is 0 Å². The summed E-state index contributed by atoms with van der Waals surface area (Å²) < 4.78 is 0. The lowest BCUT2D eigenvalue weighted by Crippen LogP contribution is -1.99. The molecule has 0 unspecified atom stereocenters. The lowest BCUT2D eigenvalue weighted by molar-refractivity contribution is 1.40.